The van der Waals surface area contributed by atoms with Gasteiger partial charge in [-0.25, -0.2) is 0 Å². The Labute approximate surface area is 138 Å². The van der Waals surface area contributed by atoms with Crippen LogP contribution in [0, 0.1) is 5.92 Å². The van der Waals surface area contributed by atoms with Gasteiger partial charge in [0.2, 0.25) is 0 Å². The van der Waals surface area contributed by atoms with Gasteiger partial charge in [0.25, 0.3) is 0 Å². The Hall–Kier alpha value is -1.71. The molecular formula is C20H24N2O. The van der Waals surface area contributed by atoms with Gasteiger partial charge < -0.3 is 4.74 Å². The highest BCUT2D eigenvalue weighted by Gasteiger charge is 2.31. The third-order valence-electron chi connectivity index (χ3n) is 5.13. The van der Waals surface area contributed by atoms with E-state index >= 15 is 0 Å². The summed E-state index contributed by atoms with van der Waals surface area (Å²) in [5.74, 6) is 0.735. The van der Waals surface area contributed by atoms with Gasteiger partial charge in [-0.3, -0.25) is 9.88 Å². The zero-order chi connectivity index (χ0) is 15.5. The Morgan fingerprint density at radius 2 is 2.09 bits per heavy atom. The lowest BCUT2D eigenvalue weighted by atomic mass is 9.88. The number of hydrogen-bond donors (Lipinski definition) is 0. The van der Waals surface area contributed by atoms with Gasteiger partial charge in [-0.05, 0) is 54.0 Å². The summed E-state index contributed by atoms with van der Waals surface area (Å²) >= 11 is 0. The van der Waals surface area contributed by atoms with Crippen molar-refractivity contribution in [1.82, 2.24) is 9.88 Å². The van der Waals surface area contributed by atoms with Crippen molar-refractivity contribution in [3.05, 3.63) is 54.4 Å². The normalized spacial score (nSPS) is 25.0. The summed E-state index contributed by atoms with van der Waals surface area (Å²) in [7, 11) is 0. The number of hydrogen-bond acceptors (Lipinski definition) is 3. The zero-order valence-electron chi connectivity index (χ0n) is 13.5. The highest BCUT2D eigenvalue weighted by Crippen LogP contribution is 2.29. The Kier molecular flexibility index (Phi) is 4.40. The number of ether oxygens (including phenoxy) is 1. The molecule has 23 heavy (non-hydrogen) atoms. The fraction of sp³-hybridized carbons (Fsp3) is 0.450. The molecule has 2 aliphatic rings. The van der Waals surface area contributed by atoms with E-state index in [2.05, 4.69) is 40.2 Å². The molecule has 0 aliphatic carbocycles. The topological polar surface area (TPSA) is 25.4 Å². The number of piperidine rings is 1. The third-order valence-corrected chi connectivity index (χ3v) is 5.13. The molecule has 2 fully saturated rings. The van der Waals surface area contributed by atoms with Crippen LogP contribution < -0.4 is 0 Å². The molecule has 4 rings (SSSR count). The fourth-order valence-electron chi connectivity index (χ4n) is 3.95. The minimum absolute atomic E-state index is 0.515. The van der Waals surface area contributed by atoms with Crippen LogP contribution in [0.15, 0.2) is 48.8 Å². The molecule has 3 heteroatoms. The predicted molar refractivity (Wildman–Crippen MR) is 92.0 cm³/mol. The van der Waals surface area contributed by atoms with E-state index in [-0.39, 0.29) is 0 Å². The monoisotopic (exact) mass is 308 g/mol. The van der Waals surface area contributed by atoms with Gasteiger partial charge in [-0.15, -0.1) is 0 Å². The Morgan fingerprint density at radius 1 is 1.13 bits per heavy atom. The van der Waals surface area contributed by atoms with Gasteiger partial charge in [0, 0.05) is 38.6 Å². The van der Waals surface area contributed by atoms with Crippen molar-refractivity contribution in [2.45, 2.75) is 31.9 Å². The summed E-state index contributed by atoms with van der Waals surface area (Å²) in [5.41, 5.74) is 3.83. The van der Waals surface area contributed by atoms with E-state index in [0.29, 0.717) is 6.10 Å². The highest BCUT2D eigenvalue weighted by molar-refractivity contribution is 5.62. The molecule has 2 aromatic rings. The molecule has 120 valence electrons. The first kappa shape index (κ1) is 14.9. The fourth-order valence-corrected chi connectivity index (χ4v) is 3.95. The van der Waals surface area contributed by atoms with E-state index in [1.54, 1.807) is 0 Å². The van der Waals surface area contributed by atoms with Crippen LogP contribution in [0.5, 0.6) is 0 Å². The summed E-state index contributed by atoms with van der Waals surface area (Å²) in [6, 6.07) is 13.0. The van der Waals surface area contributed by atoms with Crippen LogP contribution >= 0.6 is 0 Å². The maximum atomic E-state index is 5.92. The number of aromatic nitrogens is 1. The standard InChI is InChI=1S/C20H24N2O/c1-4-16(12-17(5-1)18-6-2-9-21-13-18)14-22-10-8-20-19(15-22)7-3-11-23-20/h1-2,4-6,9,12-13,19-20H,3,7-8,10-11,14-15H2/t19-,20-/m1/s1. The van der Waals surface area contributed by atoms with Crippen molar-refractivity contribution in [3.8, 4) is 11.1 Å². The molecule has 0 radical (unpaired) electrons. The maximum absolute atomic E-state index is 5.92. The Balaban J connectivity index is 1.45. The minimum atomic E-state index is 0.515. The van der Waals surface area contributed by atoms with Crippen LogP contribution in [0.1, 0.15) is 24.8 Å². The number of rotatable bonds is 3. The summed E-state index contributed by atoms with van der Waals surface area (Å²) in [5, 5.41) is 0. The third kappa shape index (κ3) is 3.46. The molecule has 0 N–H and O–H groups in total. The maximum Gasteiger partial charge on any atom is 0.0627 e. The smallest absolute Gasteiger partial charge is 0.0627 e. The molecule has 3 nitrogen and oxygen atoms in total. The molecule has 2 saturated heterocycles. The van der Waals surface area contributed by atoms with E-state index in [9.17, 15) is 0 Å². The number of benzene rings is 1. The molecule has 2 aliphatic heterocycles. The number of pyridine rings is 1. The second kappa shape index (κ2) is 6.81. The van der Waals surface area contributed by atoms with Gasteiger partial charge in [0.05, 0.1) is 6.10 Å². The lowest BCUT2D eigenvalue weighted by Gasteiger charge is -2.41. The summed E-state index contributed by atoms with van der Waals surface area (Å²) < 4.78 is 5.92. The van der Waals surface area contributed by atoms with Crippen LogP contribution in [0.25, 0.3) is 11.1 Å². The molecule has 0 amide bonds. The molecule has 0 bridgehead atoms. The van der Waals surface area contributed by atoms with Crippen molar-refractivity contribution in [1.29, 1.82) is 0 Å². The molecule has 1 aromatic heterocycles. The average Bonchev–Trinajstić information content (AvgIpc) is 2.63. The van der Waals surface area contributed by atoms with Gasteiger partial charge in [-0.2, -0.15) is 0 Å². The molecule has 0 saturated carbocycles. The van der Waals surface area contributed by atoms with Gasteiger partial charge in [0.15, 0.2) is 0 Å². The first-order valence-corrected chi connectivity index (χ1v) is 8.72. The Bertz CT molecular complexity index is 643. The van der Waals surface area contributed by atoms with Crippen LogP contribution in [-0.2, 0) is 11.3 Å². The van der Waals surface area contributed by atoms with E-state index in [1.807, 2.05) is 18.5 Å². The van der Waals surface area contributed by atoms with E-state index in [4.69, 9.17) is 4.74 Å². The van der Waals surface area contributed by atoms with Crippen LogP contribution in [-0.4, -0.2) is 35.7 Å². The van der Waals surface area contributed by atoms with Crippen molar-refractivity contribution >= 4 is 0 Å². The molecule has 3 heterocycles. The van der Waals surface area contributed by atoms with Crippen molar-refractivity contribution in [2.75, 3.05) is 19.7 Å². The Morgan fingerprint density at radius 3 is 3.00 bits per heavy atom. The second-order valence-electron chi connectivity index (χ2n) is 6.78. The molecule has 2 atom stereocenters. The second-order valence-corrected chi connectivity index (χ2v) is 6.78. The first-order valence-electron chi connectivity index (χ1n) is 8.72. The SMILES string of the molecule is c1cncc(-c2cccc(CN3CC[C@H]4OCCC[C@@H]4C3)c2)c1. The van der Waals surface area contributed by atoms with Gasteiger partial charge in [0.1, 0.15) is 0 Å². The van der Waals surface area contributed by atoms with E-state index in [1.165, 1.54) is 42.5 Å². The summed E-state index contributed by atoms with van der Waals surface area (Å²) in [4.78, 5) is 6.82. The van der Waals surface area contributed by atoms with Crippen molar-refractivity contribution in [2.24, 2.45) is 5.92 Å². The number of likely N-dealkylation sites (tertiary alicyclic amines) is 1. The van der Waals surface area contributed by atoms with Crippen molar-refractivity contribution in [3.63, 3.8) is 0 Å². The molecule has 1 aromatic carbocycles. The van der Waals surface area contributed by atoms with E-state index < -0.39 is 0 Å². The first-order chi connectivity index (χ1) is 11.4. The van der Waals surface area contributed by atoms with Gasteiger partial charge >= 0.3 is 0 Å². The zero-order valence-corrected chi connectivity index (χ0v) is 13.5. The molecular weight excluding hydrogens is 284 g/mol. The molecule has 0 spiro atoms. The summed E-state index contributed by atoms with van der Waals surface area (Å²) in [6.45, 7) is 4.34. The minimum Gasteiger partial charge on any atom is -0.378 e. The molecule has 0 unspecified atom stereocenters. The quantitative estimate of drug-likeness (QED) is 0.863. The highest BCUT2D eigenvalue weighted by atomic mass is 16.5. The van der Waals surface area contributed by atoms with Crippen molar-refractivity contribution < 1.29 is 4.74 Å². The number of fused-ring (bicyclic) bond motifs is 1. The predicted octanol–water partition coefficient (Wildman–Crippen LogP) is 3.75. The lowest BCUT2D eigenvalue weighted by Crippen LogP contribution is -2.45. The largest absolute Gasteiger partial charge is 0.378 e. The average molecular weight is 308 g/mol. The number of nitrogens with zero attached hydrogens (tertiary/aromatic N) is 2. The van der Waals surface area contributed by atoms with Gasteiger partial charge in [-0.1, -0.05) is 24.3 Å². The van der Waals surface area contributed by atoms with Crippen LogP contribution in [0.2, 0.25) is 0 Å². The summed E-state index contributed by atoms with van der Waals surface area (Å²) in [6.07, 6.45) is 8.02. The van der Waals surface area contributed by atoms with E-state index in [0.717, 1.165) is 25.6 Å². The lowest BCUT2D eigenvalue weighted by molar-refractivity contribution is -0.0676. The van der Waals surface area contributed by atoms with Crippen LogP contribution in [0.4, 0.5) is 0 Å². The van der Waals surface area contributed by atoms with Crippen LogP contribution in [0.3, 0.4) is 0 Å².